The second-order valence-electron chi connectivity index (χ2n) is 6.00. The highest BCUT2D eigenvalue weighted by Crippen LogP contribution is 2.30. The summed E-state index contributed by atoms with van der Waals surface area (Å²) in [4.78, 5) is 11.7. The fourth-order valence-electron chi connectivity index (χ4n) is 2.27. The summed E-state index contributed by atoms with van der Waals surface area (Å²) >= 11 is 0. The van der Waals surface area contributed by atoms with Crippen LogP contribution in [0.2, 0.25) is 0 Å². The van der Waals surface area contributed by atoms with Crippen molar-refractivity contribution in [3.05, 3.63) is 46.9 Å². The van der Waals surface area contributed by atoms with Crippen molar-refractivity contribution >= 4 is 12.0 Å². The summed E-state index contributed by atoms with van der Waals surface area (Å²) in [5.74, 6) is 1.82. The summed E-state index contributed by atoms with van der Waals surface area (Å²) < 4.78 is 16.4. The molecule has 1 aromatic heterocycles. The Balaban J connectivity index is 2.08. The summed E-state index contributed by atoms with van der Waals surface area (Å²) in [5, 5.41) is 6.72. The molecule has 25 heavy (non-hydrogen) atoms. The minimum atomic E-state index is -0.132. The van der Waals surface area contributed by atoms with E-state index in [1.54, 1.807) is 13.2 Å². The van der Waals surface area contributed by atoms with Crippen LogP contribution in [0.4, 0.5) is 0 Å². The van der Waals surface area contributed by atoms with Crippen molar-refractivity contribution in [1.29, 1.82) is 0 Å². The van der Waals surface area contributed by atoms with E-state index in [0.29, 0.717) is 18.1 Å². The molecule has 2 aromatic rings. The zero-order valence-electron chi connectivity index (χ0n) is 15.3. The topological polar surface area (TPSA) is 73.6 Å². The van der Waals surface area contributed by atoms with Crippen LogP contribution >= 0.6 is 0 Å². The Labute approximate surface area is 147 Å². The predicted molar refractivity (Wildman–Crippen MR) is 95.6 cm³/mol. The standard InChI is InChI=1S/C19H24N2O4/c1-12(2)20-19(22)9-7-15-6-8-17(18(10-15)23-5)24-11-16-13(3)21-25-14(16)4/h6-10,12H,11H2,1-5H3,(H,20,22)/b9-7+. The van der Waals surface area contributed by atoms with E-state index in [4.69, 9.17) is 14.0 Å². The number of amides is 1. The highest BCUT2D eigenvalue weighted by Gasteiger charge is 2.11. The summed E-state index contributed by atoms with van der Waals surface area (Å²) in [7, 11) is 1.58. The molecule has 1 aromatic carbocycles. The predicted octanol–water partition coefficient (Wildman–Crippen LogP) is 3.42. The molecule has 0 saturated heterocycles. The average molecular weight is 344 g/mol. The van der Waals surface area contributed by atoms with Crippen LogP contribution in [0, 0.1) is 13.8 Å². The molecule has 0 radical (unpaired) electrons. The van der Waals surface area contributed by atoms with Gasteiger partial charge in [-0.05, 0) is 51.5 Å². The van der Waals surface area contributed by atoms with Crippen molar-refractivity contribution in [3.63, 3.8) is 0 Å². The van der Waals surface area contributed by atoms with E-state index < -0.39 is 0 Å². The van der Waals surface area contributed by atoms with E-state index in [0.717, 1.165) is 22.6 Å². The number of rotatable bonds is 7. The van der Waals surface area contributed by atoms with Gasteiger partial charge in [0.05, 0.1) is 18.4 Å². The van der Waals surface area contributed by atoms with Gasteiger partial charge in [-0.1, -0.05) is 11.2 Å². The Morgan fingerprint density at radius 1 is 1.32 bits per heavy atom. The molecule has 0 aliphatic heterocycles. The number of hydrogen-bond donors (Lipinski definition) is 1. The van der Waals surface area contributed by atoms with Gasteiger partial charge in [0.2, 0.25) is 5.91 Å². The van der Waals surface area contributed by atoms with Crippen molar-refractivity contribution in [2.75, 3.05) is 7.11 Å². The zero-order chi connectivity index (χ0) is 18.4. The van der Waals surface area contributed by atoms with Crippen LogP contribution in [0.15, 0.2) is 28.8 Å². The monoisotopic (exact) mass is 344 g/mol. The zero-order valence-corrected chi connectivity index (χ0v) is 15.3. The molecule has 0 spiro atoms. The maximum Gasteiger partial charge on any atom is 0.244 e. The first-order valence-electron chi connectivity index (χ1n) is 8.12. The van der Waals surface area contributed by atoms with Crippen LogP contribution < -0.4 is 14.8 Å². The van der Waals surface area contributed by atoms with Crippen molar-refractivity contribution in [2.24, 2.45) is 0 Å². The van der Waals surface area contributed by atoms with Crippen LogP contribution in [0.1, 0.15) is 36.4 Å². The van der Waals surface area contributed by atoms with Gasteiger partial charge in [0.1, 0.15) is 12.4 Å². The third kappa shape index (κ3) is 5.11. The quantitative estimate of drug-likeness (QED) is 0.779. The fraction of sp³-hybridized carbons (Fsp3) is 0.368. The molecule has 6 nitrogen and oxygen atoms in total. The highest BCUT2D eigenvalue weighted by molar-refractivity contribution is 5.91. The number of nitrogens with zero attached hydrogens (tertiary/aromatic N) is 1. The SMILES string of the molecule is COc1cc(/C=C/C(=O)NC(C)C)ccc1OCc1c(C)noc1C. The molecule has 0 aliphatic rings. The molecule has 0 atom stereocenters. The molecular weight excluding hydrogens is 320 g/mol. The lowest BCUT2D eigenvalue weighted by Gasteiger charge is -2.11. The van der Waals surface area contributed by atoms with E-state index in [1.165, 1.54) is 6.08 Å². The first-order valence-corrected chi connectivity index (χ1v) is 8.12. The largest absolute Gasteiger partial charge is 0.493 e. The van der Waals surface area contributed by atoms with Crippen molar-refractivity contribution in [2.45, 2.75) is 40.3 Å². The number of carbonyl (C=O) groups excluding carboxylic acids is 1. The molecule has 2 rings (SSSR count). The molecule has 0 saturated carbocycles. The number of ether oxygens (including phenoxy) is 2. The van der Waals surface area contributed by atoms with Gasteiger partial charge in [-0.3, -0.25) is 4.79 Å². The van der Waals surface area contributed by atoms with Crippen molar-refractivity contribution in [3.8, 4) is 11.5 Å². The molecule has 0 fully saturated rings. The summed E-state index contributed by atoms with van der Waals surface area (Å²) in [6.45, 7) is 7.91. The van der Waals surface area contributed by atoms with Crippen LogP contribution in [0.5, 0.6) is 11.5 Å². The van der Waals surface area contributed by atoms with Crippen LogP contribution in [0.3, 0.4) is 0 Å². The smallest absolute Gasteiger partial charge is 0.244 e. The van der Waals surface area contributed by atoms with Gasteiger partial charge in [0, 0.05) is 12.1 Å². The highest BCUT2D eigenvalue weighted by atomic mass is 16.5. The number of aromatic nitrogens is 1. The normalized spacial score (nSPS) is 11.1. The lowest BCUT2D eigenvalue weighted by molar-refractivity contribution is -0.116. The summed E-state index contributed by atoms with van der Waals surface area (Å²) in [6, 6.07) is 5.61. The molecule has 1 N–H and O–H groups in total. The fourth-order valence-corrected chi connectivity index (χ4v) is 2.27. The van der Waals surface area contributed by atoms with Crippen LogP contribution in [-0.2, 0) is 11.4 Å². The lowest BCUT2D eigenvalue weighted by atomic mass is 10.1. The van der Waals surface area contributed by atoms with Gasteiger partial charge in [-0.15, -0.1) is 0 Å². The van der Waals surface area contributed by atoms with E-state index >= 15 is 0 Å². The first kappa shape index (κ1) is 18.6. The number of hydrogen-bond acceptors (Lipinski definition) is 5. The number of carbonyl (C=O) groups is 1. The molecule has 1 amide bonds. The number of aryl methyl sites for hydroxylation is 2. The van der Waals surface area contributed by atoms with Crippen LogP contribution in [-0.4, -0.2) is 24.2 Å². The van der Waals surface area contributed by atoms with Crippen molar-refractivity contribution < 1.29 is 18.8 Å². The number of nitrogens with one attached hydrogen (secondary N) is 1. The maximum atomic E-state index is 11.7. The maximum absolute atomic E-state index is 11.7. The van der Waals surface area contributed by atoms with Gasteiger partial charge >= 0.3 is 0 Å². The minimum Gasteiger partial charge on any atom is -0.493 e. The Morgan fingerprint density at radius 2 is 2.08 bits per heavy atom. The second-order valence-corrected chi connectivity index (χ2v) is 6.00. The van der Waals surface area contributed by atoms with Gasteiger partial charge in [0.25, 0.3) is 0 Å². The van der Waals surface area contributed by atoms with Gasteiger partial charge in [-0.2, -0.15) is 0 Å². The van der Waals surface area contributed by atoms with Gasteiger partial charge in [0.15, 0.2) is 11.5 Å². The van der Waals surface area contributed by atoms with Crippen LogP contribution in [0.25, 0.3) is 6.08 Å². The third-order valence-electron chi connectivity index (χ3n) is 3.60. The minimum absolute atomic E-state index is 0.104. The molecule has 1 heterocycles. The number of benzene rings is 1. The Hall–Kier alpha value is -2.76. The Kier molecular flexibility index (Phi) is 6.22. The molecule has 6 heteroatoms. The first-order chi connectivity index (χ1) is 11.9. The average Bonchev–Trinajstić information content (AvgIpc) is 2.89. The lowest BCUT2D eigenvalue weighted by Crippen LogP contribution is -2.28. The van der Waals surface area contributed by atoms with Gasteiger partial charge in [-0.25, -0.2) is 0 Å². The van der Waals surface area contributed by atoms with E-state index in [-0.39, 0.29) is 11.9 Å². The van der Waals surface area contributed by atoms with E-state index in [2.05, 4.69) is 10.5 Å². The third-order valence-corrected chi connectivity index (χ3v) is 3.60. The number of methoxy groups -OCH3 is 1. The van der Waals surface area contributed by atoms with Crippen molar-refractivity contribution in [1.82, 2.24) is 10.5 Å². The van der Waals surface area contributed by atoms with Gasteiger partial charge < -0.3 is 19.3 Å². The van der Waals surface area contributed by atoms with E-state index in [1.807, 2.05) is 45.9 Å². The molecule has 0 bridgehead atoms. The Bertz CT molecular complexity index is 743. The van der Waals surface area contributed by atoms with E-state index in [9.17, 15) is 4.79 Å². The molecule has 0 unspecified atom stereocenters. The second kappa shape index (κ2) is 8.37. The Morgan fingerprint density at radius 3 is 2.68 bits per heavy atom. The molecular formula is C19H24N2O4. The molecule has 134 valence electrons. The summed E-state index contributed by atoms with van der Waals surface area (Å²) in [5.41, 5.74) is 2.59. The molecule has 0 aliphatic carbocycles. The summed E-state index contributed by atoms with van der Waals surface area (Å²) in [6.07, 6.45) is 3.23.